The van der Waals surface area contributed by atoms with Crippen molar-refractivity contribution in [2.45, 2.75) is 63.1 Å². The maximum atomic E-state index is 13.3. The van der Waals surface area contributed by atoms with Gasteiger partial charge in [-0.1, -0.05) is 24.6 Å². The van der Waals surface area contributed by atoms with Crippen molar-refractivity contribution >= 4 is 29.2 Å². The van der Waals surface area contributed by atoms with E-state index in [1.807, 2.05) is 29.2 Å². The van der Waals surface area contributed by atoms with Crippen LogP contribution in [-0.2, 0) is 14.4 Å². The SMILES string of the molecule is O=C(O)CCC(=O)N(C1CC1)[C@H]1c2ccccc2N(CC(=O)Nc2ccc(F)cc2)[C@@H]2CCC[C@@H]21. The fraction of sp³-hybridized carbons (Fsp3) is 0.444. The number of para-hydroxylation sites is 1. The van der Waals surface area contributed by atoms with Crippen LogP contribution < -0.4 is 10.2 Å². The predicted octanol–water partition coefficient (Wildman–Crippen LogP) is 4.35. The van der Waals surface area contributed by atoms with Crippen LogP contribution in [0.2, 0.25) is 0 Å². The Morgan fingerprint density at radius 1 is 1.00 bits per heavy atom. The van der Waals surface area contributed by atoms with Crippen LogP contribution in [0.25, 0.3) is 0 Å². The minimum absolute atomic E-state index is 0.00563. The van der Waals surface area contributed by atoms with E-state index in [1.165, 1.54) is 12.1 Å². The third-order valence-electron chi connectivity index (χ3n) is 7.42. The second kappa shape index (κ2) is 9.68. The topological polar surface area (TPSA) is 90.0 Å². The number of carbonyl (C=O) groups excluding carboxylic acids is 2. The molecule has 2 aromatic rings. The Kier molecular flexibility index (Phi) is 6.45. The van der Waals surface area contributed by atoms with Crippen LogP contribution in [0.5, 0.6) is 0 Å². The van der Waals surface area contributed by atoms with Crippen LogP contribution in [0, 0.1) is 11.7 Å². The normalized spacial score (nSPS) is 22.8. The molecule has 1 aliphatic heterocycles. The summed E-state index contributed by atoms with van der Waals surface area (Å²) in [6, 6.07) is 13.8. The number of halogens is 1. The van der Waals surface area contributed by atoms with Gasteiger partial charge in [0.05, 0.1) is 19.0 Å². The maximum absolute atomic E-state index is 13.3. The van der Waals surface area contributed by atoms with Gasteiger partial charge in [-0.3, -0.25) is 14.4 Å². The van der Waals surface area contributed by atoms with Crippen molar-refractivity contribution in [1.82, 2.24) is 4.90 Å². The van der Waals surface area contributed by atoms with Gasteiger partial charge in [0, 0.05) is 35.8 Å². The molecule has 2 N–H and O–H groups in total. The van der Waals surface area contributed by atoms with Gasteiger partial charge in [-0.05, 0) is 61.6 Å². The molecule has 2 fully saturated rings. The number of anilines is 2. The second-order valence-corrected chi connectivity index (χ2v) is 9.77. The standard InChI is InChI=1S/C27H30FN3O4/c28-17-8-10-18(11-9-17)29-24(32)16-30-22-6-2-1-4-20(22)27(21-5-3-7-23(21)30)31(19-12-13-19)25(33)14-15-26(34)35/h1-2,4,6,8-11,19,21,23,27H,3,5,7,12-16H2,(H,29,32)(H,34,35)/t21-,23+,27-/m0/s1. The summed E-state index contributed by atoms with van der Waals surface area (Å²) in [5.41, 5.74) is 2.53. The number of amides is 2. The monoisotopic (exact) mass is 479 g/mol. The van der Waals surface area contributed by atoms with E-state index >= 15 is 0 Å². The van der Waals surface area contributed by atoms with Crippen LogP contribution in [0.1, 0.15) is 56.6 Å². The van der Waals surface area contributed by atoms with Gasteiger partial charge in [0.15, 0.2) is 0 Å². The highest BCUT2D eigenvalue weighted by atomic mass is 19.1. The molecule has 1 heterocycles. The lowest BCUT2D eigenvalue weighted by atomic mass is 9.81. The Balaban J connectivity index is 1.43. The summed E-state index contributed by atoms with van der Waals surface area (Å²) in [5.74, 6) is -1.41. The van der Waals surface area contributed by atoms with Gasteiger partial charge in [0.25, 0.3) is 0 Å². The lowest BCUT2D eigenvalue weighted by Crippen LogP contribution is -2.52. The zero-order valence-corrected chi connectivity index (χ0v) is 19.5. The Labute approximate surface area is 203 Å². The van der Waals surface area contributed by atoms with Crippen molar-refractivity contribution in [3.8, 4) is 0 Å². The highest BCUT2D eigenvalue weighted by Crippen LogP contribution is 2.52. The van der Waals surface area contributed by atoms with E-state index in [0.717, 1.165) is 43.4 Å². The van der Waals surface area contributed by atoms with Crippen molar-refractivity contribution < 1.29 is 23.9 Å². The Morgan fingerprint density at radius 3 is 2.46 bits per heavy atom. The first-order valence-electron chi connectivity index (χ1n) is 12.4. The number of nitrogens with one attached hydrogen (secondary N) is 1. The van der Waals surface area contributed by atoms with Crippen LogP contribution in [0.4, 0.5) is 15.8 Å². The van der Waals surface area contributed by atoms with Crippen LogP contribution in [-0.4, -0.2) is 46.4 Å². The van der Waals surface area contributed by atoms with Gasteiger partial charge < -0.3 is 20.2 Å². The number of carboxylic acids is 1. The third kappa shape index (κ3) is 4.88. The Morgan fingerprint density at radius 2 is 1.74 bits per heavy atom. The average Bonchev–Trinajstić information content (AvgIpc) is 3.56. The number of hydrogen-bond acceptors (Lipinski definition) is 4. The molecule has 184 valence electrons. The van der Waals surface area contributed by atoms with Crippen LogP contribution >= 0.6 is 0 Å². The molecule has 3 atom stereocenters. The van der Waals surface area contributed by atoms with Gasteiger partial charge in [0.2, 0.25) is 11.8 Å². The van der Waals surface area contributed by atoms with E-state index < -0.39 is 5.97 Å². The molecule has 0 radical (unpaired) electrons. The smallest absolute Gasteiger partial charge is 0.303 e. The number of nitrogens with zero attached hydrogens (tertiary/aromatic N) is 2. The van der Waals surface area contributed by atoms with E-state index in [2.05, 4.69) is 10.2 Å². The second-order valence-electron chi connectivity index (χ2n) is 9.77. The lowest BCUT2D eigenvalue weighted by Gasteiger charge is -2.48. The first-order valence-corrected chi connectivity index (χ1v) is 12.4. The van der Waals surface area contributed by atoms with E-state index in [1.54, 1.807) is 12.1 Å². The number of carboxylic acid groups (broad SMARTS) is 1. The van der Waals surface area contributed by atoms with Gasteiger partial charge in [-0.2, -0.15) is 0 Å². The summed E-state index contributed by atoms with van der Waals surface area (Å²) < 4.78 is 13.2. The van der Waals surface area contributed by atoms with Crippen molar-refractivity contribution in [3.05, 3.63) is 59.9 Å². The van der Waals surface area contributed by atoms with E-state index in [0.29, 0.717) is 5.69 Å². The maximum Gasteiger partial charge on any atom is 0.303 e. The van der Waals surface area contributed by atoms with Crippen molar-refractivity contribution in [2.75, 3.05) is 16.8 Å². The van der Waals surface area contributed by atoms with Crippen molar-refractivity contribution in [2.24, 2.45) is 5.92 Å². The summed E-state index contributed by atoms with van der Waals surface area (Å²) in [5, 5.41) is 12.0. The highest BCUT2D eigenvalue weighted by Gasteiger charge is 2.50. The molecular weight excluding hydrogens is 449 g/mol. The summed E-state index contributed by atoms with van der Waals surface area (Å²) in [6.45, 7) is 0.165. The zero-order valence-electron chi connectivity index (χ0n) is 19.5. The van der Waals surface area contributed by atoms with Gasteiger partial charge in [0.1, 0.15) is 5.82 Å². The molecular formula is C27H30FN3O4. The fourth-order valence-corrected chi connectivity index (χ4v) is 5.86. The van der Waals surface area contributed by atoms with Crippen LogP contribution in [0.3, 0.4) is 0 Å². The number of benzene rings is 2. The first kappa shape index (κ1) is 23.3. The molecule has 0 spiro atoms. The molecule has 0 saturated heterocycles. The molecule has 0 unspecified atom stereocenters. The van der Waals surface area contributed by atoms with E-state index in [9.17, 15) is 18.8 Å². The van der Waals surface area contributed by atoms with Gasteiger partial charge in [-0.25, -0.2) is 4.39 Å². The van der Waals surface area contributed by atoms with Crippen LogP contribution in [0.15, 0.2) is 48.5 Å². The molecule has 7 nitrogen and oxygen atoms in total. The molecule has 2 aliphatic carbocycles. The summed E-state index contributed by atoms with van der Waals surface area (Å²) in [7, 11) is 0. The molecule has 35 heavy (non-hydrogen) atoms. The summed E-state index contributed by atoms with van der Waals surface area (Å²) in [6.07, 6.45) is 4.62. The quantitative estimate of drug-likeness (QED) is 0.588. The first-order chi connectivity index (χ1) is 16.9. The molecule has 8 heteroatoms. The van der Waals surface area contributed by atoms with Gasteiger partial charge in [-0.15, -0.1) is 0 Å². The van der Waals surface area contributed by atoms with Gasteiger partial charge >= 0.3 is 5.97 Å². The number of fused-ring (bicyclic) bond motifs is 2. The minimum atomic E-state index is -0.963. The average molecular weight is 480 g/mol. The molecule has 2 aromatic carbocycles. The summed E-state index contributed by atoms with van der Waals surface area (Å²) in [4.78, 5) is 41.5. The number of aliphatic carboxylic acids is 1. The Hall–Kier alpha value is -3.42. The fourth-order valence-electron chi connectivity index (χ4n) is 5.86. The largest absolute Gasteiger partial charge is 0.481 e. The highest BCUT2D eigenvalue weighted by molar-refractivity contribution is 5.94. The van der Waals surface area contributed by atoms with Crippen molar-refractivity contribution in [1.29, 1.82) is 0 Å². The number of rotatable bonds is 8. The van der Waals surface area contributed by atoms with E-state index in [4.69, 9.17) is 5.11 Å². The predicted molar refractivity (Wildman–Crippen MR) is 129 cm³/mol. The minimum Gasteiger partial charge on any atom is -0.481 e. The molecule has 5 rings (SSSR count). The molecule has 0 aromatic heterocycles. The molecule has 2 saturated carbocycles. The lowest BCUT2D eigenvalue weighted by molar-refractivity contribution is -0.142. The third-order valence-corrected chi connectivity index (χ3v) is 7.42. The molecule has 3 aliphatic rings. The number of hydrogen-bond donors (Lipinski definition) is 2. The molecule has 0 bridgehead atoms. The Bertz CT molecular complexity index is 1120. The molecule has 2 amide bonds. The zero-order chi connectivity index (χ0) is 24.5. The summed E-state index contributed by atoms with van der Waals surface area (Å²) >= 11 is 0. The van der Waals surface area contributed by atoms with Crippen molar-refractivity contribution in [3.63, 3.8) is 0 Å². The number of carbonyl (C=O) groups is 3. The van der Waals surface area contributed by atoms with E-state index in [-0.39, 0.29) is 61.1 Å².